The van der Waals surface area contributed by atoms with Crippen LogP contribution in [0.1, 0.15) is 37.6 Å². The average Bonchev–Trinajstić information content (AvgIpc) is 2.36. The molecule has 0 aliphatic heterocycles. The number of aromatic nitrogens is 1. The molecule has 0 atom stereocenters. The Balaban J connectivity index is 2.96. The quantitative estimate of drug-likeness (QED) is 0.894. The lowest BCUT2D eigenvalue weighted by molar-refractivity contribution is 0.0755. The van der Waals surface area contributed by atoms with Gasteiger partial charge >= 0.3 is 0 Å². The third-order valence-corrected chi connectivity index (χ3v) is 3.04. The lowest BCUT2D eigenvalue weighted by Crippen LogP contribution is -2.33. The largest absolute Gasteiger partial charge is 0.370 e. The van der Waals surface area contributed by atoms with Crippen LogP contribution in [0.4, 0.5) is 5.82 Å². The molecule has 0 bridgehead atoms. The molecule has 0 saturated heterocycles. The van der Waals surface area contributed by atoms with Crippen LogP contribution in [-0.2, 0) is 0 Å². The highest BCUT2D eigenvalue weighted by molar-refractivity contribution is 6.33. The number of amides is 1. The van der Waals surface area contributed by atoms with Crippen LogP contribution in [0.5, 0.6) is 0 Å². The maximum absolute atomic E-state index is 12.2. The van der Waals surface area contributed by atoms with Gasteiger partial charge in [0.2, 0.25) is 0 Å². The summed E-state index contributed by atoms with van der Waals surface area (Å²) < 4.78 is 0. The van der Waals surface area contributed by atoms with Gasteiger partial charge in [0.05, 0.1) is 10.6 Å². The second-order valence-corrected chi connectivity index (χ2v) is 4.89. The van der Waals surface area contributed by atoms with Crippen molar-refractivity contribution in [3.05, 3.63) is 22.8 Å². The third-order valence-electron chi connectivity index (χ3n) is 2.74. The fourth-order valence-electron chi connectivity index (χ4n) is 1.38. The van der Waals surface area contributed by atoms with Crippen molar-refractivity contribution in [2.24, 2.45) is 0 Å². The molecule has 1 heterocycles. The molecule has 0 fully saturated rings. The minimum absolute atomic E-state index is 0.0862. The van der Waals surface area contributed by atoms with Gasteiger partial charge in [0.1, 0.15) is 5.82 Å². The zero-order valence-electron chi connectivity index (χ0n) is 11.3. The van der Waals surface area contributed by atoms with Crippen LogP contribution in [0.3, 0.4) is 0 Å². The summed E-state index contributed by atoms with van der Waals surface area (Å²) in [5.41, 5.74) is 0.487. The molecular formula is C13H20ClN3O. The van der Waals surface area contributed by atoms with Crippen LogP contribution in [0, 0.1) is 0 Å². The van der Waals surface area contributed by atoms with Gasteiger partial charge in [0.15, 0.2) is 0 Å². The van der Waals surface area contributed by atoms with E-state index in [2.05, 4.69) is 17.2 Å². The number of carbonyl (C=O) groups excluding carboxylic acids is 1. The number of halogens is 1. The van der Waals surface area contributed by atoms with E-state index in [0.29, 0.717) is 16.4 Å². The Kier molecular flexibility index (Phi) is 5.41. The second-order valence-electron chi connectivity index (χ2n) is 4.49. The van der Waals surface area contributed by atoms with Crippen LogP contribution in [0.15, 0.2) is 12.3 Å². The first-order valence-corrected chi connectivity index (χ1v) is 6.51. The number of hydrogen-bond acceptors (Lipinski definition) is 3. The van der Waals surface area contributed by atoms with Crippen LogP contribution < -0.4 is 5.32 Å². The fraction of sp³-hybridized carbons (Fsp3) is 0.538. The Morgan fingerprint density at radius 3 is 2.78 bits per heavy atom. The number of nitrogens with one attached hydrogen (secondary N) is 1. The molecule has 0 saturated carbocycles. The van der Waals surface area contributed by atoms with Gasteiger partial charge in [0.25, 0.3) is 5.91 Å². The molecule has 5 heteroatoms. The van der Waals surface area contributed by atoms with Crippen molar-refractivity contribution in [1.29, 1.82) is 0 Å². The molecule has 1 N–H and O–H groups in total. The van der Waals surface area contributed by atoms with Gasteiger partial charge in [-0.1, -0.05) is 18.5 Å². The zero-order chi connectivity index (χ0) is 13.7. The van der Waals surface area contributed by atoms with Gasteiger partial charge in [-0.15, -0.1) is 0 Å². The van der Waals surface area contributed by atoms with E-state index < -0.39 is 0 Å². The van der Waals surface area contributed by atoms with Gasteiger partial charge in [-0.2, -0.15) is 0 Å². The summed E-state index contributed by atoms with van der Waals surface area (Å²) in [6, 6.07) is 1.84. The Hall–Kier alpha value is -1.29. The summed E-state index contributed by atoms with van der Waals surface area (Å²) in [6.45, 7) is 6.82. The van der Waals surface area contributed by atoms with E-state index in [1.807, 2.05) is 13.8 Å². The lowest BCUT2D eigenvalue weighted by Gasteiger charge is -2.22. The van der Waals surface area contributed by atoms with Crippen molar-refractivity contribution in [2.75, 3.05) is 18.9 Å². The first-order valence-electron chi connectivity index (χ1n) is 6.14. The van der Waals surface area contributed by atoms with Crippen LogP contribution in [0.2, 0.25) is 5.02 Å². The molecule has 0 spiro atoms. The van der Waals surface area contributed by atoms with Crippen LogP contribution in [-0.4, -0.2) is 35.4 Å². The average molecular weight is 270 g/mol. The zero-order valence-corrected chi connectivity index (χ0v) is 12.1. The molecule has 1 aromatic rings. The normalized spacial score (nSPS) is 10.6. The van der Waals surface area contributed by atoms with E-state index in [1.165, 1.54) is 6.20 Å². The number of rotatable bonds is 5. The maximum atomic E-state index is 12.2. The lowest BCUT2D eigenvalue weighted by atomic mass is 10.2. The highest BCUT2D eigenvalue weighted by Crippen LogP contribution is 2.20. The molecule has 0 aromatic carbocycles. The number of nitrogens with zero attached hydrogens (tertiary/aromatic N) is 2. The highest BCUT2D eigenvalue weighted by atomic mass is 35.5. The molecule has 0 radical (unpaired) electrons. The number of anilines is 1. The van der Waals surface area contributed by atoms with Crippen molar-refractivity contribution in [3.8, 4) is 0 Å². The van der Waals surface area contributed by atoms with Crippen molar-refractivity contribution >= 4 is 23.3 Å². The summed E-state index contributed by atoms with van der Waals surface area (Å²) in [6.07, 6.45) is 2.51. The molecule has 0 unspecified atom stereocenters. The Bertz CT molecular complexity index is 421. The molecule has 0 aliphatic carbocycles. The summed E-state index contributed by atoms with van der Waals surface area (Å²) in [5.74, 6) is 0.596. The van der Waals surface area contributed by atoms with E-state index in [9.17, 15) is 4.79 Å². The van der Waals surface area contributed by atoms with E-state index in [4.69, 9.17) is 11.6 Å². The Morgan fingerprint density at radius 1 is 1.56 bits per heavy atom. The number of carbonyl (C=O) groups is 1. The fourth-order valence-corrected chi connectivity index (χ4v) is 1.56. The van der Waals surface area contributed by atoms with E-state index >= 15 is 0 Å². The molecule has 4 nitrogen and oxygen atoms in total. The molecule has 18 heavy (non-hydrogen) atoms. The Morgan fingerprint density at radius 2 is 2.22 bits per heavy atom. The standard InChI is InChI=1S/C13H20ClN3O/c1-5-6-15-12-7-10(11(14)8-16-12)13(18)17(4)9(2)3/h7-9H,5-6H2,1-4H3,(H,15,16). The smallest absolute Gasteiger partial charge is 0.255 e. The predicted octanol–water partition coefficient (Wildman–Crippen LogP) is 3.04. The van der Waals surface area contributed by atoms with Gasteiger partial charge in [0, 0.05) is 25.8 Å². The van der Waals surface area contributed by atoms with Gasteiger partial charge < -0.3 is 10.2 Å². The predicted molar refractivity (Wildman–Crippen MR) is 75.3 cm³/mol. The first-order chi connectivity index (χ1) is 8.47. The van der Waals surface area contributed by atoms with E-state index in [0.717, 1.165) is 13.0 Å². The van der Waals surface area contributed by atoms with Crippen molar-refractivity contribution in [3.63, 3.8) is 0 Å². The van der Waals surface area contributed by atoms with E-state index in [1.54, 1.807) is 18.0 Å². The number of hydrogen-bond donors (Lipinski definition) is 1. The summed E-state index contributed by atoms with van der Waals surface area (Å²) in [4.78, 5) is 18.0. The second kappa shape index (κ2) is 6.59. The summed E-state index contributed by atoms with van der Waals surface area (Å²) >= 11 is 6.04. The molecule has 1 amide bonds. The van der Waals surface area contributed by atoms with Gasteiger partial charge in [-0.05, 0) is 26.3 Å². The van der Waals surface area contributed by atoms with E-state index in [-0.39, 0.29) is 11.9 Å². The molecule has 100 valence electrons. The highest BCUT2D eigenvalue weighted by Gasteiger charge is 2.18. The van der Waals surface area contributed by atoms with Crippen molar-refractivity contribution < 1.29 is 4.79 Å². The minimum Gasteiger partial charge on any atom is -0.370 e. The summed E-state index contributed by atoms with van der Waals surface area (Å²) in [7, 11) is 1.77. The monoisotopic (exact) mass is 269 g/mol. The molecule has 0 aliphatic rings. The SMILES string of the molecule is CCCNc1cc(C(=O)N(C)C(C)C)c(Cl)cn1. The minimum atomic E-state index is -0.0862. The maximum Gasteiger partial charge on any atom is 0.255 e. The topological polar surface area (TPSA) is 45.2 Å². The van der Waals surface area contributed by atoms with Crippen molar-refractivity contribution in [2.45, 2.75) is 33.2 Å². The molecule has 1 rings (SSSR count). The van der Waals surface area contributed by atoms with Crippen molar-refractivity contribution in [1.82, 2.24) is 9.88 Å². The van der Waals surface area contributed by atoms with Crippen LogP contribution in [0.25, 0.3) is 0 Å². The molecule has 1 aromatic heterocycles. The summed E-state index contributed by atoms with van der Waals surface area (Å²) in [5, 5.41) is 3.53. The first kappa shape index (κ1) is 14.8. The van der Waals surface area contributed by atoms with Gasteiger partial charge in [-0.25, -0.2) is 4.98 Å². The number of pyridine rings is 1. The Labute approximate surface area is 113 Å². The third kappa shape index (κ3) is 3.60. The van der Waals surface area contributed by atoms with Crippen LogP contribution >= 0.6 is 11.6 Å². The molecular weight excluding hydrogens is 250 g/mol. The van der Waals surface area contributed by atoms with Gasteiger partial charge in [-0.3, -0.25) is 4.79 Å².